The van der Waals surface area contributed by atoms with Gasteiger partial charge in [0.2, 0.25) is 5.91 Å². The van der Waals surface area contributed by atoms with Crippen LogP contribution in [0.1, 0.15) is 11.7 Å². The number of non-ortho nitro benzene ring substituents is 1. The highest BCUT2D eigenvalue weighted by atomic mass is 16.6. The van der Waals surface area contributed by atoms with Crippen molar-refractivity contribution in [3.05, 3.63) is 38.8 Å². The van der Waals surface area contributed by atoms with Crippen molar-refractivity contribution in [1.82, 2.24) is 9.13 Å². The van der Waals surface area contributed by atoms with Crippen LogP contribution in [0, 0.1) is 10.1 Å². The maximum absolute atomic E-state index is 11.7. The predicted octanol–water partition coefficient (Wildman–Crippen LogP) is 0.908. The number of rotatable bonds is 1. The van der Waals surface area contributed by atoms with Gasteiger partial charge in [0, 0.05) is 26.1 Å². The van der Waals surface area contributed by atoms with Gasteiger partial charge in [-0.05, 0) is 6.07 Å². The summed E-state index contributed by atoms with van der Waals surface area (Å²) < 4.78 is 2.20. The number of benzene rings is 1. The van der Waals surface area contributed by atoms with Crippen LogP contribution in [0.5, 0.6) is 0 Å². The number of nitro benzene ring substituents is 1. The average Bonchev–Trinajstić information content (AvgIpc) is 2.51. The van der Waals surface area contributed by atoms with Gasteiger partial charge in [-0.25, -0.2) is 9.36 Å². The summed E-state index contributed by atoms with van der Waals surface area (Å²) in [5.74, 6) is -0.422. The number of fused-ring (bicyclic) bond motifs is 1. The number of carbonyl (C=O) groups excluding carboxylic acids is 1. The van der Waals surface area contributed by atoms with E-state index in [2.05, 4.69) is 0 Å². The van der Waals surface area contributed by atoms with Crippen molar-refractivity contribution in [1.29, 1.82) is 0 Å². The molecule has 88 valence electrons. The summed E-state index contributed by atoms with van der Waals surface area (Å²) >= 11 is 0. The highest BCUT2D eigenvalue weighted by Crippen LogP contribution is 2.19. The summed E-state index contributed by atoms with van der Waals surface area (Å²) in [6.07, 6.45) is 0. The number of nitro groups is 1. The topological polar surface area (TPSA) is 87.1 Å². The van der Waals surface area contributed by atoms with E-state index in [1.54, 1.807) is 0 Å². The summed E-state index contributed by atoms with van der Waals surface area (Å²) in [7, 11) is 1.47. The Morgan fingerprint density at radius 3 is 2.53 bits per heavy atom. The lowest BCUT2D eigenvalue weighted by molar-refractivity contribution is -0.384. The number of nitrogens with zero attached hydrogens (tertiary/aromatic N) is 3. The first-order valence-corrected chi connectivity index (χ1v) is 4.80. The fourth-order valence-electron chi connectivity index (χ4n) is 1.74. The van der Waals surface area contributed by atoms with E-state index in [0.29, 0.717) is 11.0 Å². The zero-order valence-electron chi connectivity index (χ0n) is 9.21. The third-order valence-electron chi connectivity index (χ3n) is 2.57. The molecule has 0 N–H and O–H groups in total. The zero-order chi connectivity index (χ0) is 12.7. The van der Waals surface area contributed by atoms with Crippen LogP contribution < -0.4 is 5.69 Å². The van der Waals surface area contributed by atoms with E-state index in [1.807, 2.05) is 0 Å². The van der Waals surface area contributed by atoms with E-state index in [4.69, 9.17) is 0 Å². The highest BCUT2D eigenvalue weighted by molar-refractivity contribution is 5.90. The van der Waals surface area contributed by atoms with Crippen molar-refractivity contribution in [2.75, 3.05) is 0 Å². The van der Waals surface area contributed by atoms with Crippen LogP contribution in [0.4, 0.5) is 5.69 Å². The van der Waals surface area contributed by atoms with E-state index in [9.17, 15) is 19.7 Å². The van der Waals surface area contributed by atoms with Crippen LogP contribution in [0.3, 0.4) is 0 Å². The van der Waals surface area contributed by atoms with Gasteiger partial charge < -0.3 is 0 Å². The molecular weight excluding hydrogens is 226 g/mol. The minimum Gasteiger partial charge on any atom is -0.294 e. The zero-order valence-corrected chi connectivity index (χ0v) is 9.21. The van der Waals surface area contributed by atoms with Crippen LogP contribution in [0.15, 0.2) is 23.0 Å². The van der Waals surface area contributed by atoms with E-state index in [1.165, 1.54) is 36.7 Å². The molecule has 0 aliphatic heterocycles. The molecule has 17 heavy (non-hydrogen) atoms. The summed E-state index contributed by atoms with van der Waals surface area (Å²) in [5.41, 5.74) is 0.108. The second-order valence-corrected chi connectivity index (χ2v) is 3.63. The molecule has 2 aromatic rings. The van der Waals surface area contributed by atoms with Gasteiger partial charge in [0.15, 0.2) is 0 Å². The molecular formula is C10H9N3O4. The van der Waals surface area contributed by atoms with Gasteiger partial charge in [-0.1, -0.05) is 0 Å². The average molecular weight is 235 g/mol. The molecule has 0 aliphatic rings. The molecule has 0 amide bonds. The number of hydrogen-bond donors (Lipinski definition) is 0. The molecule has 1 heterocycles. The third-order valence-corrected chi connectivity index (χ3v) is 2.57. The number of aryl methyl sites for hydroxylation is 1. The molecule has 0 fully saturated rings. The highest BCUT2D eigenvalue weighted by Gasteiger charge is 2.16. The monoisotopic (exact) mass is 235 g/mol. The van der Waals surface area contributed by atoms with Crippen LogP contribution in [0.25, 0.3) is 11.0 Å². The summed E-state index contributed by atoms with van der Waals surface area (Å²) in [6.45, 7) is 1.27. The number of imidazole rings is 1. The normalized spacial score (nSPS) is 10.7. The molecule has 0 unspecified atom stereocenters. The molecule has 7 nitrogen and oxygen atoms in total. The minimum absolute atomic E-state index is 0.117. The molecule has 0 saturated carbocycles. The maximum Gasteiger partial charge on any atom is 0.335 e. The largest absolute Gasteiger partial charge is 0.335 e. The Kier molecular flexibility index (Phi) is 2.31. The Bertz CT molecular complexity index is 695. The Morgan fingerprint density at radius 1 is 1.35 bits per heavy atom. The van der Waals surface area contributed by atoms with Gasteiger partial charge in [-0.3, -0.25) is 19.5 Å². The Hall–Kier alpha value is -2.44. The first kappa shape index (κ1) is 11.1. The smallest absolute Gasteiger partial charge is 0.294 e. The van der Waals surface area contributed by atoms with E-state index in [-0.39, 0.29) is 5.69 Å². The van der Waals surface area contributed by atoms with Crippen molar-refractivity contribution >= 4 is 22.6 Å². The minimum atomic E-state index is -0.547. The van der Waals surface area contributed by atoms with E-state index < -0.39 is 16.5 Å². The van der Waals surface area contributed by atoms with Gasteiger partial charge in [0.1, 0.15) is 0 Å². The standard InChI is InChI=1S/C10H9N3O4/c1-6(14)12-8-4-3-7(13(16)17)5-9(8)11(2)10(12)15/h3-5H,1-2H3. The summed E-state index contributed by atoms with van der Waals surface area (Å²) in [5, 5.41) is 10.6. The summed E-state index contributed by atoms with van der Waals surface area (Å²) in [6, 6.07) is 3.94. The Labute approximate surface area is 95.0 Å². The summed E-state index contributed by atoms with van der Waals surface area (Å²) in [4.78, 5) is 33.2. The molecule has 0 radical (unpaired) electrons. The van der Waals surface area contributed by atoms with Crippen LogP contribution in [-0.2, 0) is 7.05 Å². The first-order chi connectivity index (χ1) is 7.93. The molecule has 7 heteroatoms. The van der Waals surface area contributed by atoms with E-state index in [0.717, 1.165) is 4.57 Å². The van der Waals surface area contributed by atoms with Gasteiger partial charge in [-0.2, -0.15) is 0 Å². The second kappa shape index (κ2) is 3.55. The van der Waals surface area contributed by atoms with Crippen molar-refractivity contribution in [3.8, 4) is 0 Å². The number of hydrogen-bond acceptors (Lipinski definition) is 4. The van der Waals surface area contributed by atoms with E-state index >= 15 is 0 Å². The van der Waals surface area contributed by atoms with Gasteiger partial charge in [0.05, 0.1) is 16.0 Å². The van der Waals surface area contributed by atoms with Crippen molar-refractivity contribution < 1.29 is 9.72 Å². The van der Waals surface area contributed by atoms with Gasteiger partial charge in [0.25, 0.3) is 5.69 Å². The van der Waals surface area contributed by atoms with Crippen LogP contribution in [0.2, 0.25) is 0 Å². The fraction of sp³-hybridized carbons (Fsp3) is 0.200. The molecule has 0 bridgehead atoms. The molecule has 0 spiro atoms. The van der Waals surface area contributed by atoms with Crippen molar-refractivity contribution in [3.63, 3.8) is 0 Å². The van der Waals surface area contributed by atoms with Crippen molar-refractivity contribution in [2.45, 2.75) is 6.92 Å². The number of aromatic nitrogens is 2. The predicted molar refractivity (Wildman–Crippen MR) is 60.1 cm³/mol. The molecule has 1 aromatic carbocycles. The Balaban J connectivity index is 2.90. The lowest BCUT2D eigenvalue weighted by Crippen LogP contribution is -2.25. The fourth-order valence-corrected chi connectivity index (χ4v) is 1.74. The maximum atomic E-state index is 11.7. The van der Waals surface area contributed by atoms with Crippen LogP contribution in [-0.4, -0.2) is 20.0 Å². The Morgan fingerprint density at radius 2 is 2.00 bits per heavy atom. The van der Waals surface area contributed by atoms with Crippen molar-refractivity contribution in [2.24, 2.45) is 7.05 Å². The second-order valence-electron chi connectivity index (χ2n) is 3.63. The third kappa shape index (κ3) is 1.52. The van der Waals surface area contributed by atoms with Gasteiger partial charge in [-0.15, -0.1) is 0 Å². The molecule has 0 saturated heterocycles. The number of carbonyl (C=O) groups is 1. The molecule has 2 rings (SSSR count). The van der Waals surface area contributed by atoms with Crippen LogP contribution >= 0.6 is 0 Å². The molecule has 0 aliphatic carbocycles. The SMILES string of the molecule is CC(=O)n1c(=O)n(C)c2cc([N+](=O)[O-])ccc21. The van der Waals surface area contributed by atoms with Gasteiger partial charge >= 0.3 is 5.69 Å². The molecule has 1 aromatic heterocycles. The lowest BCUT2D eigenvalue weighted by Gasteiger charge is -1.96. The molecule has 0 atom stereocenters. The lowest BCUT2D eigenvalue weighted by atomic mass is 10.3. The first-order valence-electron chi connectivity index (χ1n) is 4.80. The quantitative estimate of drug-likeness (QED) is 0.543.